The fourth-order valence-electron chi connectivity index (χ4n) is 3.78. The molecule has 0 radical (unpaired) electrons. The molecular weight excluding hydrogens is 248 g/mol. The highest BCUT2D eigenvalue weighted by atomic mass is 16.3. The van der Waals surface area contributed by atoms with Crippen molar-refractivity contribution < 1.29 is 5.11 Å². The van der Waals surface area contributed by atoms with Crippen molar-refractivity contribution in [3.63, 3.8) is 0 Å². The van der Waals surface area contributed by atoms with E-state index in [1.807, 2.05) is 0 Å². The Labute approximate surface area is 125 Å². The van der Waals surface area contributed by atoms with Gasteiger partial charge in [-0.15, -0.1) is 0 Å². The van der Waals surface area contributed by atoms with Crippen molar-refractivity contribution >= 4 is 0 Å². The maximum Gasteiger partial charge on any atom is 0.0774 e. The highest BCUT2D eigenvalue weighted by Gasteiger charge is 2.34. The summed E-state index contributed by atoms with van der Waals surface area (Å²) in [6.45, 7) is 8.80. The molecule has 1 aliphatic heterocycles. The minimum Gasteiger partial charge on any atom is -0.389 e. The molecule has 3 heteroatoms. The first-order chi connectivity index (χ1) is 9.59. The van der Waals surface area contributed by atoms with Crippen molar-refractivity contribution in [3.05, 3.63) is 0 Å². The van der Waals surface area contributed by atoms with Gasteiger partial charge in [-0.1, -0.05) is 39.5 Å². The van der Waals surface area contributed by atoms with Crippen LogP contribution < -0.4 is 5.32 Å². The van der Waals surface area contributed by atoms with E-state index < -0.39 is 5.60 Å². The van der Waals surface area contributed by atoms with Gasteiger partial charge in [-0.05, 0) is 44.7 Å². The molecule has 1 unspecified atom stereocenters. The molecule has 3 nitrogen and oxygen atoms in total. The van der Waals surface area contributed by atoms with Crippen LogP contribution in [0.15, 0.2) is 0 Å². The summed E-state index contributed by atoms with van der Waals surface area (Å²) >= 11 is 0. The quantitative estimate of drug-likeness (QED) is 0.786. The zero-order valence-corrected chi connectivity index (χ0v) is 13.5. The molecule has 0 spiro atoms. The van der Waals surface area contributed by atoms with E-state index in [1.54, 1.807) is 0 Å². The first-order valence-electron chi connectivity index (χ1n) is 8.76. The third-order valence-electron chi connectivity index (χ3n) is 4.96. The normalized spacial score (nSPS) is 27.9. The van der Waals surface area contributed by atoms with E-state index in [1.165, 1.54) is 45.1 Å². The van der Waals surface area contributed by atoms with Gasteiger partial charge in [0.2, 0.25) is 0 Å². The SMILES string of the molecule is CC(C)CNCC1CCCCN1CC1(O)CCCCC1. The van der Waals surface area contributed by atoms with Gasteiger partial charge < -0.3 is 10.4 Å². The first-order valence-corrected chi connectivity index (χ1v) is 8.76. The van der Waals surface area contributed by atoms with E-state index in [0.717, 1.165) is 38.4 Å². The molecule has 0 bridgehead atoms. The predicted molar refractivity (Wildman–Crippen MR) is 85.0 cm³/mol. The second-order valence-electron chi connectivity index (χ2n) is 7.46. The summed E-state index contributed by atoms with van der Waals surface area (Å²) < 4.78 is 0. The van der Waals surface area contributed by atoms with Crippen LogP contribution >= 0.6 is 0 Å². The van der Waals surface area contributed by atoms with E-state index in [9.17, 15) is 5.11 Å². The summed E-state index contributed by atoms with van der Waals surface area (Å²) in [5.74, 6) is 0.717. The first kappa shape index (κ1) is 16.3. The van der Waals surface area contributed by atoms with Gasteiger partial charge in [0.25, 0.3) is 0 Å². The number of rotatable bonds is 6. The Kier molecular flexibility index (Phi) is 6.31. The Bertz CT molecular complexity index is 274. The summed E-state index contributed by atoms with van der Waals surface area (Å²) in [6.07, 6.45) is 9.69. The van der Waals surface area contributed by atoms with Crippen LogP contribution in [-0.2, 0) is 0 Å². The van der Waals surface area contributed by atoms with Crippen molar-refractivity contribution in [1.82, 2.24) is 10.2 Å². The highest BCUT2D eigenvalue weighted by molar-refractivity contribution is 4.89. The molecule has 0 amide bonds. The molecule has 1 aliphatic carbocycles. The molecule has 0 aromatic heterocycles. The van der Waals surface area contributed by atoms with Crippen molar-refractivity contribution in [3.8, 4) is 0 Å². The lowest BCUT2D eigenvalue weighted by molar-refractivity contribution is -0.0418. The van der Waals surface area contributed by atoms with Crippen LogP contribution in [0.3, 0.4) is 0 Å². The van der Waals surface area contributed by atoms with Crippen LogP contribution in [0.5, 0.6) is 0 Å². The molecular formula is C17H34N2O. The van der Waals surface area contributed by atoms with Gasteiger partial charge in [0.05, 0.1) is 5.60 Å². The lowest BCUT2D eigenvalue weighted by Crippen LogP contribution is -2.53. The maximum absolute atomic E-state index is 10.8. The van der Waals surface area contributed by atoms with E-state index in [-0.39, 0.29) is 0 Å². The van der Waals surface area contributed by atoms with Gasteiger partial charge in [0.15, 0.2) is 0 Å². The maximum atomic E-state index is 10.8. The predicted octanol–water partition coefficient (Wildman–Crippen LogP) is 2.78. The number of hydrogen-bond donors (Lipinski definition) is 2. The minimum absolute atomic E-state index is 0.397. The van der Waals surface area contributed by atoms with Gasteiger partial charge in [0.1, 0.15) is 0 Å². The van der Waals surface area contributed by atoms with Gasteiger partial charge in [-0.2, -0.15) is 0 Å². The lowest BCUT2D eigenvalue weighted by atomic mass is 9.83. The molecule has 0 aromatic rings. The lowest BCUT2D eigenvalue weighted by Gasteiger charge is -2.42. The van der Waals surface area contributed by atoms with Gasteiger partial charge in [-0.25, -0.2) is 0 Å². The number of nitrogens with zero attached hydrogens (tertiary/aromatic N) is 1. The van der Waals surface area contributed by atoms with Crippen LogP contribution in [0, 0.1) is 5.92 Å². The molecule has 20 heavy (non-hydrogen) atoms. The number of likely N-dealkylation sites (tertiary alicyclic amines) is 1. The second-order valence-corrected chi connectivity index (χ2v) is 7.46. The Hall–Kier alpha value is -0.120. The smallest absolute Gasteiger partial charge is 0.0774 e. The summed E-state index contributed by atoms with van der Waals surface area (Å²) in [4.78, 5) is 2.57. The van der Waals surface area contributed by atoms with Gasteiger partial charge in [0, 0.05) is 19.1 Å². The molecule has 118 valence electrons. The van der Waals surface area contributed by atoms with E-state index >= 15 is 0 Å². The average Bonchev–Trinajstić information content (AvgIpc) is 2.41. The highest BCUT2D eigenvalue weighted by Crippen LogP contribution is 2.30. The molecule has 1 atom stereocenters. The van der Waals surface area contributed by atoms with Gasteiger partial charge >= 0.3 is 0 Å². The molecule has 1 heterocycles. The summed E-state index contributed by atoms with van der Waals surface area (Å²) in [5, 5.41) is 14.4. The molecule has 2 aliphatic rings. The zero-order valence-electron chi connectivity index (χ0n) is 13.5. The van der Waals surface area contributed by atoms with Crippen molar-refractivity contribution in [2.75, 3.05) is 26.2 Å². The summed E-state index contributed by atoms with van der Waals surface area (Å²) in [6, 6.07) is 0.633. The second kappa shape index (κ2) is 7.77. The molecule has 2 N–H and O–H groups in total. The number of β-amino-alcohol motifs (C(OH)–C–C–N with tert-alkyl or cyclic N) is 1. The van der Waals surface area contributed by atoms with Crippen LogP contribution in [0.4, 0.5) is 0 Å². The largest absolute Gasteiger partial charge is 0.389 e. The summed E-state index contributed by atoms with van der Waals surface area (Å²) in [7, 11) is 0. The van der Waals surface area contributed by atoms with Gasteiger partial charge in [-0.3, -0.25) is 4.90 Å². The fraction of sp³-hybridized carbons (Fsp3) is 1.00. The van der Waals surface area contributed by atoms with Crippen LogP contribution in [0.25, 0.3) is 0 Å². The topological polar surface area (TPSA) is 35.5 Å². The molecule has 2 rings (SSSR count). The standard InChI is InChI=1S/C17H34N2O/c1-15(2)12-18-13-16-8-4-7-11-19(16)14-17(20)9-5-3-6-10-17/h15-16,18,20H,3-14H2,1-2H3. The Balaban J connectivity index is 1.82. The van der Waals surface area contributed by atoms with E-state index in [0.29, 0.717) is 6.04 Å². The number of aliphatic hydroxyl groups is 1. The third kappa shape index (κ3) is 5.01. The average molecular weight is 282 g/mol. The number of hydrogen-bond acceptors (Lipinski definition) is 3. The zero-order chi connectivity index (χ0) is 14.4. The fourth-order valence-corrected chi connectivity index (χ4v) is 3.78. The van der Waals surface area contributed by atoms with E-state index in [2.05, 4.69) is 24.1 Å². The monoisotopic (exact) mass is 282 g/mol. The minimum atomic E-state index is -0.397. The van der Waals surface area contributed by atoms with Crippen molar-refractivity contribution in [1.29, 1.82) is 0 Å². The molecule has 1 saturated carbocycles. The molecule has 2 fully saturated rings. The van der Waals surface area contributed by atoms with Crippen LogP contribution in [0.1, 0.15) is 65.2 Å². The third-order valence-corrected chi connectivity index (χ3v) is 4.96. The van der Waals surface area contributed by atoms with Crippen LogP contribution in [-0.4, -0.2) is 47.8 Å². The van der Waals surface area contributed by atoms with E-state index in [4.69, 9.17) is 0 Å². The Morgan fingerprint density at radius 2 is 1.90 bits per heavy atom. The van der Waals surface area contributed by atoms with Crippen LogP contribution in [0.2, 0.25) is 0 Å². The molecule has 1 saturated heterocycles. The van der Waals surface area contributed by atoms with Crippen molar-refractivity contribution in [2.24, 2.45) is 5.92 Å². The van der Waals surface area contributed by atoms with Crippen molar-refractivity contribution in [2.45, 2.75) is 76.9 Å². The number of nitrogens with one attached hydrogen (secondary N) is 1. The summed E-state index contributed by atoms with van der Waals surface area (Å²) in [5.41, 5.74) is -0.397. The Morgan fingerprint density at radius 1 is 1.15 bits per heavy atom. The Morgan fingerprint density at radius 3 is 2.60 bits per heavy atom. The molecule has 0 aromatic carbocycles. The number of piperidine rings is 1.